The van der Waals surface area contributed by atoms with Gasteiger partial charge in [-0.25, -0.2) is 0 Å². The van der Waals surface area contributed by atoms with Gasteiger partial charge in [0.1, 0.15) is 0 Å². The van der Waals surface area contributed by atoms with Gasteiger partial charge in [-0.3, -0.25) is 14.7 Å². The summed E-state index contributed by atoms with van der Waals surface area (Å²) >= 11 is 0. The van der Waals surface area contributed by atoms with Crippen LogP contribution in [0.1, 0.15) is 78.6 Å². The molecule has 2 heterocycles. The maximum absolute atomic E-state index is 14.1. The average Bonchev–Trinajstić information content (AvgIpc) is 3.38. The van der Waals surface area contributed by atoms with Crippen LogP contribution in [-0.2, 0) is 12.7 Å². The Morgan fingerprint density at radius 3 is 2.78 bits per heavy atom. The van der Waals surface area contributed by atoms with Crippen LogP contribution in [0.15, 0.2) is 65.3 Å². The van der Waals surface area contributed by atoms with Crippen molar-refractivity contribution >= 4 is 17.8 Å². The number of allylic oxidation sites excluding steroid dienone is 3. The normalized spacial score (nSPS) is 20.2. The number of aryl methyl sites for hydroxylation is 1. The molecule has 1 fully saturated rings. The number of amides is 1. The number of carbonyl (C=O) groups is 1. The minimum Gasteiger partial charge on any atom is -0.322 e. The first-order valence-corrected chi connectivity index (χ1v) is 14.4. The molecule has 41 heavy (non-hydrogen) atoms. The minimum atomic E-state index is -4.53. The molecule has 2 aromatic rings. The van der Waals surface area contributed by atoms with Crippen LogP contribution >= 0.6 is 0 Å². The van der Waals surface area contributed by atoms with Crippen LogP contribution in [0.2, 0.25) is 0 Å². The van der Waals surface area contributed by atoms with Crippen molar-refractivity contribution in [1.82, 2.24) is 4.90 Å². The number of nitrogens with zero attached hydrogens (tertiary/aromatic N) is 2. The van der Waals surface area contributed by atoms with E-state index >= 15 is 0 Å². The van der Waals surface area contributed by atoms with Crippen molar-refractivity contribution in [3.05, 3.63) is 88.1 Å². The van der Waals surface area contributed by atoms with Crippen molar-refractivity contribution < 1.29 is 18.0 Å². The van der Waals surface area contributed by atoms with Crippen LogP contribution < -0.4 is 5.32 Å². The van der Waals surface area contributed by atoms with Crippen LogP contribution in [0.5, 0.6) is 0 Å². The number of halogens is 3. The topological polar surface area (TPSA) is 44.7 Å². The lowest BCUT2D eigenvalue weighted by Gasteiger charge is -2.22. The Morgan fingerprint density at radius 2 is 2.00 bits per heavy atom. The molecule has 7 heteroatoms. The molecule has 4 rings (SSSR count). The fourth-order valence-corrected chi connectivity index (χ4v) is 5.40. The number of hydrogen-bond acceptors (Lipinski definition) is 3. The fourth-order valence-electron chi connectivity index (χ4n) is 5.40. The summed E-state index contributed by atoms with van der Waals surface area (Å²) < 4.78 is 42.3. The number of carbonyl (C=O) groups excluding carboxylic acids is 1. The first kappa shape index (κ1) is 30.3. The van der Waals surface area contributed by atoms with Gasteiger partial charge in [0.2, 0.25) is 0 Å². The van der Waals surface area contributed by atoms with E-state index in [4.69, 9.17) is 0 Å². The molecule has 0 aromatic heterocycles. The van der Waals surface area contributed by atoms with Crippen LogP contribution in [0.3, 0.4) is 0 Å². The van der Waals surface area contributed by atoms with Crippen molar-refractivity contribution in [3.8, 4) is 11.8 Å². The molecule has 1 unspecified atom stereocenters. The number of anilines is 1. The van der Waals surface area contributed by atoms with E-state index in [1.165, 1.54) is 6.07 Å². The summed E-state index contributed by atoms with van der Waals surface area (Å²) in [5.74, 6) is 6.79. The number of aliphatic imine (C=N–C) groups is 1. The number of benzene rings is 2. The summed E-state index contributed by atoms with van der Waals surface area (Å²) in [6, 6.07) is 9.19. The molecule has 216 valence electrons. The van der Waals surface area contributed by atoms with Crippen molar-refractivity contribution in [2.75, 3.05) is 18.4 Å². The second-order valence-corrected chi connectivity index (χ2v) is 11.0. The molecule has 1 amide bonds. The standard InChI is InChI=1S/C34H38F3N3O/c1-4-8-24(2)29-16-18-40(22-29)23-30-14-15-31(20-32(30)34(35,36)37)39-33(41)28-12-10-25(3)27(19-28)13-11-26-9-6-5-7-17-38-21-26/h6,9-10,12,14-15,17,19-21,24,29H,4-5,7-8,16,18,22-23H2,1-3H3,(H,39,41)/b9-6-,26-21+,38-17?/t24?,29-/m0/s1. The molecule has 0 spiro atoms. The lowest BCUT2D eigenvalue weighted by molar-refractivity contribution is -0.138. The SMILES string of the molecule is CCCC(C)[C@H]1CCN(Cc2ccc(NC(=O)c3ccc(C)c(C#CC4=C/N=CCC/C=C\4)c3)cc2C(F)(F)F)C1. The number of nitrogens with one attached hydrogen (secondary N) is 1. The van der Waals surface area contributed by atoms with Crippen molar-refractivity contribution in [3.63, 3.8) is 0 Å². The summed E-state index contributed by atoms with van der Waals surface area (Å²) in [5.41, 5.74) is 2.27. The minimum absolute atomic E-state index is 0.109. The zero-order valence-electron chi connectivity index (χ0n) is 24.0. The van der Waals surface area contributed by atoms with Crippen LogP contribution in [0.4, 0.5) is 18.9 Å². The number of hydrogen-bond donors (Lipinski definition) is 1. The Labute approximate surface area is 241 Å². The van der Waals surface area contributed by atoms with Crippen molar-refractivity contribution in [1.29, 1.82) is 0 Å². The Balaban J connectivity index is 1.49. The third-order valence-corrected chi connectivity index (χ3v) is 7.84. The number of rotatable bonds is 7. The molecule has 1 saturated heterocycles. The van der Waals surface area contributed by atoms with Crippen molar-refractivity contribution in [2.24, 2.45) is 16.8 Å². The monoisotopic (exact) mass is 561 g/mol. The summed E-state index contributed by atoms with van der Waals surface area (Å²) in [4.78, 5) is 19.4. The van der Waals surface area contributed by atoms with Crippen LogP contribution in [0.25, 0.3) is 0 Å². The molecule has 2 aromatic carbocycles. The lowest BCUT2D eigenvalue weighted by atomic mass is 9.90. The Hall–Kier alpha value is -3.63. The van der Waals surface area contributed by atoms with E-state index in [0.29, 0.717) is 23.0 Å². The van der Waals surface area contributed by atoms with E-state index in [0.717, 1.165) is 62.4 Å². The fraction of sp³-hybridized carbons (Fsp3) is 0.412. The molecule has 0 radical (unpaired) electrons. The maximum atomic E-state index is 14.1. The summed E-state index contributed by atoms with van der Waals surface area (Å²) in [5, 5.41) is 2.65. The highest BCUT2D eigenvalue weighted by Gasteiger charge is 2.35. The number of likely N-dealkylation sites (tertiary alicyclic amines) is 1. The molecule has 4 nitrogen and oxygen atoms in total. The van der Waals surface area contributed by atoms with Gasteiger partial charge in [0, 0.05) is 47.9 Å². The smallest absolute Gasteiger partial charge is 0.322 e. The molecule has 0 saturated carbocycles. The molecule has 2 aliphatic rings. The number of alkyl halides is 3. The largest absolute Gasteiger partial charge is 0.416 e. The van der Waals surface area contributed by atoms with Crippen molar-refractivity contribution in [2.45, 2.75) is 65.6 Å². The van der Waals surface area contributed by atoms with Gasteiger partial charge < -0.3 is 5.32 Å². The first-order valence-electron chi connectivity index (χ1n) is 14.4. The van der Waals surface area contributed by atoms with Crippen LogP contribution in [0, 0.1) is 30.6 Å². The van der Waals surface area contributed by atoms with Gasteiger partial charge >= 0.3 is 6.18 Å². The molecule has 2 aliphatic heterocycles. The highest BCUT2D eigenvalue weighted by Crippen LogP contribution is 2.36. The third kappa shape index (κ3) is 8.43. The highest BCUT2D eigenvalue weighted by atomic mass is 19.4. The second-order valence-electron chi connectivity index (χ2n) is 11.0. The van der Waals surface area contributed by atoms with Gasteiger partial charge in [-0.05, 0) is 86.0 Å². The molecule has 0 aliphatic carbocycles. The summed E-state index contributed by atoms with van der Waals surface area (Å²) in [6.07, 6.45) is 8.03. The van der Waals surface area contributed by atoms with E-state index in [2.05, 4.69) is 40.9 Å². The molecular weight excluding hydrogens is 523 g/mol. The molecule has 1 N–H and O–H groups in total. The van der Waals surface area contributed by atoms with E-state index in [1.807, 2.05) is 25.3 Å². The molecule has 0 bridgehead atoms. The van der Waals surface area contributed by atoms with Gasteiger partial charge in [0.15, 0.2) is 0 Å². The predicted molar refractivity (Wildman–Crippen MR) is 160 cm³/mol. The quantitative estimate of drug-likeness (QED) is 0.347. The predicted octanol–water partition coefficient (Wildman–Crippen LogP) is 8.18. The Bertz CT molecular complexity index is 1390. The van der Waals surface area contributed by atoms with Gasteiger partial charge in [-0.1, -0.05) is 56.7 Å². The zero-order valence-corrected chi connectivity index (χ0v) is 24.0. The first-order chi connectivity index (χ1) is 19.6. The van der Waals surface area contributed by atoms with Crippen LogP contribution in [-0.4, -0.2) is 30.1 Å². The Kier molecular flexibility index (Phi) is 10.2. The van der Waals surface area contributed by atoms with Gasteiger partial charge in [0.05, 0.1) is 5.56 Å². The summed E-state index contributed by atoms with van der Waals surface area (Å²) in [7, 11) is 0. The van der Waals surface area contributed by atoms with Gasteiger partial charge in [-0.2, -0.15) is 13.2 Å². The molecule has 2 atom stereocenters. The van der Waals surface area contributed by atoms with E-state index in [9.17, 15) is 18.0 Å². The average molecular weight is 562 g/mol. The zero-order chi connectivity index (χ0) is 29.4. The third-order valence-electron chi connectivity index (χ3n) is 7.84. The van der Waals surface area contributed by atoms with Gasteiger partial charge in [0.25, 0.3) is 5.91 Å². The van der Waals surface area contributed by atoms with E-state index in [1.54, 1.807) is 30.5 Å². The Morgan fingerprint density at radius 1 is 1.17 bits per heavy atom. The molecular formula is C34H38F3N3O. The maximum Gasteiger partial charge on any atom is 0.416 e. The second kappa shape index (κ2) is 13.8. The summed E-state index contributed by atoms with van der Waals surface area (Å²) in [6.45, 7) is 8.16. The highest BCUT2D eigenvalue weighted by molar-refractivity contribution is 6.04. The van der Waals surface area contributed by atoms with Gasteiger partial charge in [-0.15, -0.1) is 0 Å². The van der Waals surface area contributed by atoms with E-state index < -0.39 is 17.6 Å². The van der Waals surface area contributed by atoms with E-state index in [-0.39, 0.29) is 17.8 Å². The lowest BCUT2D eigenvalue weighted by Crippen LogP contribution is -2.24.